The Hall–Kier alpha value is -3.16. The predicted octanol–water partition coefficient (Wildman–Crippen LogP) is 2.68. The van der Waals surface area contributed by atoms with Crippen molar-refractivity contribution in [2.75, 3.05) is 5.32 Å². The zero-order valence-corrected chi connectivity index (χ0v) is 12.4. The number of aryl methyl sites for hydroxylation is 1. The zero-order chi connectivity index (χ0) is 17.0. The molecule has 2 aromatic rings. The van der Waals surface area contributed by atoms with Gasteiger partial charge in [0.05, 0.1) is 11.2 Å². The molecule has 2 rings (SSSR count). The number of para-hydroxylation sites is 2. The molecular weight excluding hydrogens is 304 g/mol. The fourth-order valence-electron chi connectivity index (χ4n) is 1.85. The van der Waals surface area contributed by atoms with Gasteiger partial charge in [0.2, 0.25) is 0 Å². The molecule has 0 saturated heterocycles. The number of esters is 1. The van der Waals surface area contributed by atoms with Gasteiger partial charge in [-0.15, -0.1) is 0 Å². The van der Waals surface area contributed by atoms with E-state index in [1.807, 2.05) is 0 Å². The minimum absolute atomic E-state index is 0.0323. The van der Waals surface area contributed by atoms with Crippen molar-refractivity contribution in [2.24, 2.45) is 0 Å². The van der Waals surface area contributed by atoms with Crippen molar-refractivity contribution >= 4 is 23.3 Å². The number of carbonyl (C=O) groups is 2. The number of benzene rings is 1. The van der Waals surface area contributed by atoms with Crippen LogP contribution in [0.3, 0.4) is 0 Å². The van der Waals surface area contributed by atoms with E-state index in [1.165, 1.54) is 37.5 Å². The van der Waals surface area contributed by atoms with Crippen molar-refractivity contribution in [3.8, 4) is 0 Å². The number of nitrogens with one attached hydrogen (secondary N) is 1. The van der Waals surface area contributed by atoms with Gasteiger partial charge in [-0.1, -0.05) is 12.1 Å². The molecule has 0 spiro atoms. The van der Waals surface area contributed by atoms with Crippen LogP contribution in [-0.4, -0.2) is 22.9 Å². The van der Waals surface area contributed by atoms with Crippen LogP contribution in [0.15, 0.2) is 41.0 Å². The third kappa shape index (κ3) is 3.73. The van der Waals surface area contributed by atoms with Gasteiger partial charge in [0.1, 0.15) is 17.0 Å². The van der Waals surface area contributed by atoms with Crippen molar-refractivity contribution in [3.63, 3.8) is 0 Å². The molecule has 0 unspecified atom stereocenters. The molecule has 0 bridgehead atoms. The summed E-state index contributed by atoms with van der Waals surface area (Å²) >= 11 is 0. The summed E-state index contributed by atoms with van der Waals surface area (Å²) in [5.41, 5.74) is 0.00490. The summed E-state index contributed by atoms with van der Waals surface area (Å²) in [6, 6.07) is 7.13. The molecule has 0 fully saturated rings. The number of amides is 1. The van der Waals surface area contributed by atoms with Crippen molar-refractivity contribution in [1.29, 1.82) is 0 Å². The average Bonchev–Trinajstić information content (AvgIpc) is 2.93. The fraction of sp³-hybridized carbons (Fsp3) is 0.200. The SMILES string of the molecule is Cc1occc1C(=O)O[C@@H](C)C(=O)Nc1ccccc1[N+](=O)[O-]. The highest BCUT2D eigenvalue weighted by molar-refractivity contribution is 5.98. The van der Waals surface area contributed by atoms with E-state index in [2.05, 4.69) is 5.32 Å². The van der Waals surface area contributed by atoms with Crippen LogP contribution in [-0.2, 0) is 9.53 Å². The summed E-state index contributed by atoms with van der Waals surface area (Å²) in [5.74, 6) is -1.00. The van der Waals surface area contributed by atoms with Gasteiger partial charge in [-0.25, -0.2) is 4.79 Å². The van der Waals surface area contributed by atoms with Crippen molar-refractivity contribution in [2.45, 2.75) is 20.0 Å². The second-order valence-electron chi connectivity index (χ2n) is 4.70. The zero-order valence-electron chi connectivity index (χ0n) is 12.4. The average molecular weight is 318 g/mol. The number of ether oxygens (including phenoxy) is 1. The predicted molar refractivity (Wildman–Crippen MR) is 80.0 cm³/mol. The van der Waals surface area contributed by atoms with Crippen LogP contribution in [0, 0.1) is 17.0 Å². The van der Waals surface area contributed by atoms with E-state index in [-0.39, 0.29) is 16.9 Å². The number of nitro benzene ring substituents is 1. The van der Waals surface area contributed by atoms with Gasteiger partial charge >= 0.3 is 5.97 Å². The van der Waals surface area contributed by atoms with Crippen LogP contribution in [0.2, 0.25) is 0 Å². The first-order valence-corrected chi connectivity index (χ1v) is 6.69. The molecule has 0 aliphatic rings. The largest absolute Gasteiger partial charge is 0.469 e. The van der Waals surface area contributed by atoms with Crippen LogP contribution in [0.25, 0.3) is 0 Å². The normalized spacial score (nSPS) is 11.6. The van der Waals surface area contributed by atoms with Crippen molar-refractivity contribution < 1.29 is 23.7 Å². The maximum absolute atomic E-state index is 12.0. The van der Waals surface area contributed by atoms with Crippen LogP contribution >= 0.6 is 0 Å². The third-order valence-corrected chi connectivity index (χ3v) is 3.09. The molecular formula is C15H14N2O6. The summed E-state index contributed by atoms with van der Waals surface area (Å²) in [5, 5.41) is 13.3. The number of rotatable bonds is 5. The molecule has 1 heterocycles. The first-order valence-electron chi connectivity index (χ1n) is 6.69. The second kappa shape index (κ2) is 6.73. The number of anilines is 1. The number of hydrogen-bond donors (Lipinski definition) is 1. The van der Waals surface area contributed by atoms with Gasteiger partial charge in [0.15, 0.2) is 6.10 Å². The summed E-state index contributed by atoms with van der Waals surface area (Å²) in [4.78, 5) is 34.2. The van der Waals surface area contributed by atoms with Crippen LogP contribution in [0.5, 0.6) is 0 Å². The first-order chi connectivity index (χ1) is 10.9. The Bertz CT molecular complexity index is 752. The number of hydrogen-bond acceptors (Lipinski definition) is 6. The molecule has 0 aliphatic carbocycles. The molecule has 0 aliphatic heterocycles. The van der Waals surface area contributed by atoms with Crippen LogP contribution in [0.4, 0.5) is 11.4 Å². The lowest BCUT2D eigenvalue weighted by Crippen LogP contribution is -2.30. The number of nitrogens with zero attached hydrogens (tertiary/aromatic N) is 1. The van der Waals surface area contributed by atoms with Gasteiger partial charge in [-0.2, -0.15) is 0 Å². The fourth-order valence-corrected chi connectivity index (χ4v) is 1.85. The minimum Gasteiger partial charge on any atom is -0.469 e. The van der Waals surface area contributed by atoms with Gasteiger partial charge in [-0.3, -0.25) is 14.9 Å². The van der Waals surface area contributed by atoms with Crippen LogP contribution < -0.4 is 5.32 Å². The molecule has 1 amide bonds. The summed E-state index contributed by atoms with van der Waals surface area (Å²) in [6.07, 6.45) is 0.209. The van der Waals surface area contributed by atoms with Crippen molar-refractivity contribution in [3.05, 3.63) is 58.0 Å². The Labute approximate surface area is 131 Å². The molecule has 1 atom stereocenters. The van der Waals surface area contributed by atoms with E-state index in [1.54, 1.807) is 13.0 Å². The lowest BCUT2D eigenvalue weighted by Gasteiger charge is -2.13. The molecule has 0 radical (unpaired) electrons. The maximum Gasteiger partial charge on any atom is 0.342 e. The van der Waals surface area contributed by atoms with Gasteiger partial charge in [-0.05, 0) is 26.0 Å². The Morgan fingerprint density at radius 3 is 2.61 bits per heavy atom. The Balaban J connectivity index is 2.05. The highest BCUT2D eigenvalue weighted by Gasteiger charge is 2.23. The van der Waals surface area contributed by atoms with Gasteiger partial charge in [0, 0.05) is 6.07 Å². The smallest absolute Gasteiger partial charge is 0.342 e. The van der Waals surface area contributed by atoms with E-state index in [0.29, 0.717) is 5.76 Å². The molecule has 0 saturated carbocycles. The molecule has 8 heteroatoms. The number of carbonyl (C=O) groups excluding carboxylic acids is 2. The monoisotopic (exact) mass is 318 g/mol. The minimum atomic E-state index is -1.13. The van der Waals surface area contributed by atoms with E-state index >= 15 is 0 Å². The lowest BCUT2D eigenvalue weighted by molar-refractivity contribution is -0.383. The molecule has 8 nitrogen and oxygen atoms in total. The Kier molecular flexibility index (Phi) is 4.75. The Morgan fingerprint density at radius 2 is 2.00 bits per heavy atom. The Morgan fingerprint density at radius 1 is 1.30 bits per heavy atom. The molecule has 120 valence electrons. The van der Waals surface area contributed by atoms with E-state index in [0.717, 1.165) is 0 Å². The van der Waals surface area contributed by atoms with Gasteiger partial charge in [0.25, 0.3) is 11.6 Å². The molecule has 1 aromatic heterocycles. The first kappa shape index (κ1) is 16.2. The maximum atomic E-state index is 12.0. The van der Waals surface area contributed by atoms with E-state index in [9.17, 15) is 19.7 Å². The highest BCUT2D eigenvalue weighted by Crippen LogP contribution is 2.23. The molecule has 1 aromatic carbocycles. The van der Waals surface area contributed by atoms with Crippen LogP contribution in [0.1, 0.15) is 23.0 Å². The topological polar surface area (TPSA) is 112 Å². The number of furan rings is 1. The highest BCUT2D eigenvalue weighted by atomic mass is 16.6. The molecule has 1 N–H and O–H groups in total. The third-order valence-electron chi connectivity index (χ3n) is 3.09. The van der Waals surface area contributed by atoms with Gasteiger partial charge < -0.3 is 14.5 Å². The van der Waals surface area contributed by atoms with E-state index in [4.69, 9.17) is 9.15 Å². The lowest BCUT2D eigenvalue weighted by atomic mass is 10.2. The van der Waals surface area contributed by atoms with E-state index < -0.39 is 22.9 Å². The summed E-state index contributed by atoms with van der Waals surface area (Å²) in [6.45, 7) is 2.96. The second-order valence-corrected chi connectivity index (χ2v) is 4.70. The van der Waals surface area contributed by atoms with Crippen molar-refractivity contribution in [1.82, 2.24) is 0 Å². The summed E-state index contributed by atoms with van der Waals surface area (Å²) < 4.78 is 10.0. The quantitative estimate of drug-likeness (QED) is 0.515. The number of nitro groups is 1. The molecule has 23 heavy (non-hydrogen) atoms. The standard InChI is InChI=1S/C15H14N2O6/c1-9-11(7-8-22-9)15(19)23-10(2)14(18)16-12-5-3-4-6-13(12)17(20)21/h3-8,10H,1-2H3,(H,16,18)/t10-/m0/s1. The summed E-state index contributed by atoms with van der Waals surface area (Å²) in [7, 11) is 0.